The van der Waals surface area contributed by atoms with E-state index in [0.29, 0.717) is 11.5 Å². The maximum atomic E-state index is 9.84. The summed E-state index contributed by atoms with van der Waals surface area (Å²) in [7, 11) is 0. The van der Waals surface area contributed by atoms with E-state index in [1.807, 2.05) is 24.3 Å². The summed E-state index contributed by atoms with van der Waals surface area (Å²) < 4.78 is 2.19. The Balaban J connectivity index is 1.84. The Labute approximate surface area is 232 Å². The van der Waals surface area contributed by atoms with Crippen LogP contribution in [0, 0.1) is 29.6 Å². The summed E-state index contributed by atoms with van der Waals surface area (Å²) in [6.45, 7) is 15.0. The Morgan fingerprint density at radius 3 is 2.33 bits per heavy atom. The summed E-state index contributed by atoms with van der Waals surface area (Å²) in [5.74, 6) is 2.04. The highest BCUT2D eigenvalue weighted by atomic mass is 15.3. The van der Waals surface area contributed by atoms with Crippen LogP contribution >= 0.6 is 0 Å². The Hall–Kier alpha value is -4.19. The fourth-order valence-electron chi connectivity index (χ4n) is 6.35. The molecule has 1 aliphatic rings. The fourth-order valence-corrected chi connectivity index (χ4v) is 6.35. The number of hydrogen-bond acceptors (Lipinski definition) is 3. The van der Waals surface area contributed by atoms with Crippen LogP contribution < -0.4 is 0 Å². The molecule has 1 unspecified atom stereocenters. The van der Waals surface area contributed by atoms with Crippen molar-refractivity contribution in [2.45, 2.75) is 59.3 Å². The van der Waals surface area contributed by atoms with Gasteiger partial charge in [-0.1, -0.05) is 88.9 Å². The molecule has 1 fully saturated rings. The fraction of sp³-hybridized carbons (Fsp3) is 0.314. The third-order valence-corrected chi connectivity index (χ3v) is 8.48. The van der Waals surface area contributed by atoms with Gasteiger partial charge in [-0.05, 0) is 67.0 Å². The third-order valence-electron chi connectivity index (χ3n) is 8.48. The molecule has 1 aliphatic carbocycles. The van der Waals surface area contributed by atoms with Crippen molar-refractivity contribution < 1.29 is 0 Å². The number of nitriles is 1. The predicted molar refractivity (Wildman–Crippen MR) is 159 cm³/mol. The average molecular weight is 513 g/mol. The van der Waals surface area contributed by atoms with Crippen molar-refractivity contribution in [3.63, 3.8) is 0 Å². The van der Waals surface area contributed by atoms with E-state index in [1.165, 1.54) is 11.1 Å². The van der Waals surface area contributed by atoms with Gasteiger partial charge in [0.1, 0.15) is 0 Å². The molecular formula is C35H36N4. The molecule has 1 saturated carbocycles. The molecule has 0 spiro atoms. The van der Waals surface area contributed by atoms with Gasteiger partial charge < -0.3 is 0 Å². The third kappa shape index (κ3) is 4.44. The van der Waals surface area contributed by atoms with Crippen molar-refractivity contribution in [3.05, 3.63) is 107 Å². The summed E-state index contributed by atoms with van der Waals surface area (Å²) in [6, 6.07) is 25.2. The van der Waals surface area contributed by atoms with Crippen LogP contribution in [-0.4, -0.2) is 14.8 Å². The van der Waals surface area contributed by atoms with Crippen molar-refractivity contribution in [1.82, 2.24) is 14.8 Å². The summed E-state index contributed by atoms with van der Waals surface area (Å²) in [5, 5.41) is 19.5. The Morgan fingerprint density at radius 2 is 1.69 bits per heavy atom. The SMILES string of the molecule is C=C=C[C@]1(C)CC1(CC)c1ccccc1-c1nnc(-c2ccccc2C)n1-c1cc(C#N)ccc1CC(C)C. The van der Waals surface area contributed by atoms with Gasteiger partial charge in [-0.2, -0.15) is 5.26 Å². The van der Waals surface area contributed by atoms with E-state index in [9.17, 15) is 5.26 Å². The molecule has 4 nitrogen and oxygen atoms in total. The second kappa shape index (κ2) is 10.2. The van der Waals surface area contributed by atoms with Crippen molar-refractivity contribution in [1.29, 1.82) is 5.26 Å². The highest BCUT2D eigenvalue weighted by Gasteiger charge is 2.63. The Bertz CT molecular complexity index is 1630. The number of hydrogen-bond donors (Lipinski definition) is 0. The molecule has 4 aromatic rings. The first-order valence-electron chi connectivity index (χ1n) is 13.8. The molecule has 0 bridgehead atoms. The molecule has 0 N–H and O–H groups in total. The second-order valence-corrected chi connectivity index (χ2v) is 11.5. The molecule has 1 heterocycles. The van der Waals surface area contributed by atoms with Gasteiger partial charge in [0.15, 0.2) is 11.6 Å². The van der Waals surface area contributed by atoms with Crippen molar-refractivity contribution >= 4 is 0 Å². The monoisotopic (exact) mass is 512 g/mol. The molecule has 2 atom stereocenters. The lowest BCUT2D eigenvalue weighted by Crippen LogP contribution is -2.16. The van der Waals surface area contributed by atoms with Crippen LogP contribution in [0.15, 0.2) is 85.1 Å². The maximum Gasteiger partial charge on any atom is 0.169 e. The second-order valence-electron chi connectivity index (χ2n) is 11.5. The molecule has 0 aliphatic heterocycles. The van der Waals surface area contributed by atoms with Gasteiger partial charge in [0.05, 0.1) is 17.3 Å². The topological polar surface area (TPSA) is 54.5 Å². The highest BCUT2D eigenvalue weighted by Crippen LogP contribution is 2.68. The average Bonchev–Trinajstić information content (AvgIpc) is 3.31. The lowest BCUT2D eigenvalue weighted by molar-refractivity contribution is 0.529. The van der Waals surface area contributed by atoms with E-state index >= 15 is 0 Å². The number of allylic oxidation sites excluding steroid dienone is 1. The van der Waals surface area contributed by atoms with E-state index in [0.717, 1.165) is 53.3 Å². The number of rotatable bonds is 8. The maximum absolute atomic E-state index is 9.84. The number of aromatic nitrogens is 3. The lowest BCUT2D eigenvalue weighted by Gasteiger charge is -2.24. The van der Waals surface area contributed by atoms with Crippen molar-refractivity contribution in [3.8, 4) is 34.5 Å². The van der Waals surface area contributed by atoms with Gasteiger partial charge in [-0.3, -0.25) is 4.57 Å². The number of aryl methyl sites for hydroxylation is 1. The van der Waals surface area contributed by atoms with Crippen LogP contribution in [0.25, 0.3) is 28.5 Å². The molecule has 1 aromatic heterocycles. The van der Waals surface area contributed by atoms with E-state index in [1.54, 1.807) is 0 Å². The van der Waals surface area contributed by atoms with Crippen LogP contribution in [-0.2, 0) is 11.8 Å². The Kier molecular flexibility index (Phi) is 6.89. The van der Waals surface area contributed by atoms with Crippen LogP contribution in [0.1, 0.15) is 62.8 Å². The van der Waals surface area contributed by atoms with Crippen LogP contribution in [0.2, 0.25) is 0 Å². The number of benzene rings is 3. The van der Waals surface area contributed by atoms with Crippen LogP contribution in [0.5, 0.6) is 0 Å². The zero-order valence-corrected chi connectivity index (χ0v) is 23.6. The zero-order valence-electron chi connectivity index (χ0n) is 23.6. The minimum absolute atomic E-state index is 0.00711. The largest absolute Gasteiger partial charge is 0.275 e. The van der Waals surface area contributed by atoms with Crippen molar-refractivity contribution in [2.75, 3.05) is 0 Å². The van der Waals surface area contributed by atoms with Gasteiger partial charge in [-0.25, -0.2) is 0 Å². The first-order chi connectivity index (χ1) is 18.8. The minimum atomic E-state index is -0.0246. The smallest absolute Gasteiger partial charge is 0.169 e. The summed E-state index contributed by atoms with van der Waals surface area (Å²) in [4.78, 5) is 0. The van der Waals surface area contributed by atoms with Gasteiger partial charge in [0, 0.05) is 22.0 Å². The lowest BCUT2D eigenvalue weighted by atomic mass is 9.82. The van der Waals surface area contributed by atoms with E-state index in [-0.39, 0.29) is 10.8 Å². The molecule has 0 radical (unpaired) electrons. The van der Waals surface area contributed by atoms with Gasteiger partial charge in [-0.15, -0.1) is 15.9 Å². The summed E-state index contributed by atoms with van der Waals surface area (Å²) >= 11 is 0. The standard InChI is InChI=1S/C35H36N4/c1-7-19-34(6)23-35(34,8-2)30-16-12-11-15-29(30)33-38-37-32(28-14-10-9-13-25(28)5)39(33)31-21-26(22-36)17-18-27(31)20-24(3)4/h9-19,21,24H,1,8,20,23H2,2-6H3/t34-,35?/m1/s1. The molecule has 5 rings (SSSR count). The first kappa shape index (κ1) is 26.4. The van der Waals surface area contributed by atoms with E-state index in [4.69, 9.17) is 10.2 Å². The molecule has 39 heavy (non-hydrogen) atoms. The zero-order chi connectivity index (χ0) is 27.8. The molecule has 3 aromatic carbocycles. The van der Waals surface area contributed by atoms with E-state index < -0.39 is 0 Å². The Morgan fingerprint density at radius 1 is 1.03 bits per heavy atom. The number of nitrogens with zero attached hydrogens (tertiary/aromatic N) is 4. The molecule has 0 saturated heterocycles. The quantitative estimate of drug-likeness (QED) is 0.223. The molecular weight excluding hydrogens is 476 g/mol. The highest BCUT2D eigenvalue weighted by molar-refractivity contribution is 5.73. The minimum Gasteiger partial charge on any atom is -0.275 e. The van der Waals surface area contributed by atoms with Crippen LogP contribution in [0.4, 0.5) is 0 Å². The van der Waals surface area contributed by atoms with Crippen LogP contribution in [0.3, 0.4) is 0 Å². The predicted octanol–water partition coefficient (Wildman–Crippen LogP) is 8.38. The summed E-state index contributed by atoms with van der Waals surface area (Å²) in [5.41, 5.74) is 10.3. The van der Waals surface area contributed by atoms with Gasteiger partial charge >= 0.3 is 0 Å². The van der Waals surface area contributed by atoms with E-state index in [2.05, 4.69) is 106 Å². The molecule has 0 amide bonds. The first-order valence-corrected chi connectivity index (χ1v) is 13.8. The van der Waals surface area contributed by atoms with Gasteiger partial charge in [0.2, 0.25) is 0 Å². The van der Waals surface area contributed by atoms with Gasteiger partial charge in [0.25, 0.3) is 0 Å². The molecule has 4 heteroatoms. The summed E-state index contributed by atoms with van der Waals surface area (Å²) in [6.07, 6.45) is 5.06. The normalized spacial score (nSPS) is 19.9. The molecule has 196 valence electrons. The van der Waals surface area contributed by atoms with Crippen molar-refractivity contribution in [2.24, 2.45) is 11.3 Å².